The first kappa shape index (κ1) is 13.9. The molecule has 0 radical (unpaired) electrons. The van der Waals surface area contributed by atoms with Crippen LogP contribution in [0.25, 0.3) is 10.1 Å². The zero-order chi connectivity index (χ0) is 14.0. The fraction of sp³-hybridized carbons (Fsp3) is 0.400. The van der Waals surface area contributed by atoms with Crippen LogP contribution >= 0.6 is 11.3 Å². The molecule has 0 saturated carbocycles. The van der Waals surface area contributed by atoms with Gasteiger partial charge in [0, 0.05) is 23.2 Å². The van der Waals surface area contributed by atoms with Crippen molar-refractivity contribution in [3.63, 3.8) is 0 Å². The quantitative estimate of drug-likeness (QED) is 0.926. The standard InChI is InChI=1S/C15H20N2OS/c1-4-8-17(5-2)15(18)14-13(16)11-7-6-10(3)9-12(11)19-14/h6-7,9H,4-5,8,16H2,1-3H3. The third-order valence-electron chi connectivity index (χ3n) is 3.24. The Balaban J connectivity index is 2.44. The first-order chi connectivity index (χ1) is 9.08. The number of thiophene rings is 1. The van der Waals surface area contributed by atoms with Crippen molar-refractivity contribution in [2.75, 3.05) is 18.8 Å². The molecule has 1 amide bonds. The number of benzene rings is 1. The molecule has 0 saturated heterocycles. The van der Waals surface area contributed by atoms with Crippen LogP contribution in [0.2, 0.25) is 0 Å². The Hall–Kier alpha value is -1.55. The zero-order valence-corrected chi connectivity index (χ0v) is 12.5. The van der Waals surface area contributed by atoms with Gasteiger partial charge in [-0.2, -0.15) is 0 Å². The largest absolute Gasteiger partial charge is 0.397 e. The summed E-state index contributed by atoms with van der Waals surface area (Å²) in [5.74, 6) is 0.0562. The van der Waals surface area contributed by atoms with E-state index >= 15 is 0 Å². The van der Waals surface area contributed by atoms with Gasteiger partial charge < -0.3 is 10.6 Å². The summed E-state index contributed by atoms with van der Waals surface area (Å²) in [6, 6.07) is 6.12. The molecule has 0 aliphatic heterocycles. The van der Waals surface area contributed by atoms with Gasteiger partial charge in [-0.05, 0) is 31.9 Å². The van der Waals surface area contributed by atoms with Gasteiger partial charge in [-0.3, -0.25) is 4.79 Å². The molecular formula is C15H20N2OS. The van der Waals surface area contributed by atoms with Crippen LogP contribution in [0.3, 0.4) is 0 Å². The van der Waals surface area contributed by atoms with E-state index in [4.69, 9.17) is 5.73 Å². The summed E-state index contributed by atoms with van der Waals surface area (Å²) in [6.45, 7) is 7.63. The van der Waals surface area contributed by atoms with E-state index in [0.717, 1.165) is 29.6 Å². The molecule has 0 aliphatic rings. The third-order valence-corrected chi connectivity index (χ3v) is 4.40. The van der Waals surface area contributed by atoms with Crippen LogP contribution in [-0.4, -0.2) is 23.9 Å². The highest BCUT2D eigenvalue weighted by Gasteiger charge is 2.20. The minimum atomic E-state index is 0.0562. The van der Waals surface area contributed by atoms with Crippen molar-refractivity contribution >= 4 is 33.0 Å². The number of carbonyl (C=O) groups is 1. The Morgan fingerprint density at radius 2 is 2.11 bits per heavy atom. The SMILES string of the molecule is CCCN(CC)C(=O)c1sc2cc(C)ccc2c1N. The average molecular weight is 276 g/mol. The lowest BCUT2D eigenvalue weighted by Crippen LogP contribution is -2.31. The number of nitrogens with zero attached hydrogens (tertiary/aromatic N) is 1. The van der Waals surface area contributed by atoms with Gasteiger partial charge in [-0.25, -0.2) is 0 Å². The Labute approximate surface area is 118 Å². The molecule has 2 rings (SSSR count). The fourth-order valence-corrected chi connectivity index (χ4v) is 3.39. The van der Waals surface area contributed by atoms with Crippen LogP contribution in [0.5, 0.6) is 0 Å². The van der Waals surface area contributed by atoms with E-state index in [1.165, 1.54) is 16.9 Å². The van der Waals surface area contributed by atoms with Crippen molar-refractivity contribution in [1.29, 1.82) is 0 Å². The smallest absolute Gasteiger partial charge is 0.266 e. The molecule has 0 atom stereocenters. The van der Waals surface area contributed by atoms with E-state index in [-0.39, 0.29) is 5.91 Å². The Bertz CT molecular complexity index is 603. The molecule has 0 aliphatic carbocycles. The van der Waals surface area contributed by atoms with E-state index in [1.807, 2.05) is 30.9 Å². The Kier molecular flexibility index (Phi) is 4.10. The molecule has 1 aromatic carbocycles. The number of amides is 1. The van der Waals surface area contributed by atoms with Crippen molar-refractivity contribution < 1.29 is 4.79 Å². The van der Waals surface area contributed by atoms with E-state index in [0.29, 0.717) is 10.6 Å². The highest BCUT2D eigenvalue weighted by Crippen LogP contribution is 2.34. The molecule has 3 nitrogen and oxygen atoms in total. The molecule has 0 bridgehead atoms. The lowest BCUT2D eigenvalue weighted by molar-refractivity contribution is 0.0770. The second-order valence-corrected chi connectivity index (χ2v) is 5.78. The van der Waals surface area contributed by atoms with Crippen LogP contribution in [0, 0.1) is 6.92 Å². The molecule has 0 fully saturated rings. The topological polar surface area (TPSA) is 46.3 Å². The van der Waals surface area contributed by atoms with Gasteiger partial charge in [0.2, 0.25) is 0 Å². The van der Waals surface area contributed by atoms with E-state index in [2.05, 4.69) is 13.0 Å². The number of rotatable bonds is 4. The molecule has 0 unspecified atom stereocenters. The second-order valence-electron chi connectivity index (χ2n) is 4.73. The van der Waals surface area contributed by atoms with Crippen LogP contribution in [0.15, 0.2) is 18.2 Å². The number of nitrogens with two attached hydrogens (primary N) is 1. The highest BCUT2D eigenvalue weighted by molar-refractivity contribution is 7.21. The number of carbonyl (C=O) groups excluding carboxylic acids is 1. The second kappa shape index (κ2) is 5.61. The minimum Gasteiger partial charge on any atom is -0.397 e. The number of nitrogen functional groups attached to an aromatic ring is 1. The molecule has 102 valence electrons. The Morgan fingerprint density at radius 1 is 1.37 bits per heavy atom. The zero-order valence-electron chi connectivity index (χ0n) is 11.7. The molecule has 2 N–H and O–H groups in total. The van der Waals surface area contributed by atoms with Crippen LogP contribution < -0.4 is 5.73 Å². The van der Waals surface area contributed by atoms with Crippen molar-refractivity contribution in [3.05, 3.63) is 28.6 Å². The summed E-state index contributed by atoms with van der Waals surface area (Å²) in [6.07, 6.45) is 0.962. The van der Waals surface area contributed by atoms with Crippen molar-refractivity contribution in [3.8, 4) is 0 Å². The maximum absolute atomic E-state index is 12.5. The summed E-state index contributed by atoms with van der Waals surface area (Å²) < 4.78 is 1.09. The summed E-state index contributed by atoms with van der Waals surface area (Å²) >= 11 is 1.50. The van der Waals surface area contributed by atoms with E-state index < -0.39 is 0 Å². The summed E-state index contributed by atoms with van der Waals surface area (Å²) in [5.41, 5.74) is 7.95. The van der Waals surface area contributed by atoms with Crippen LogP contribution in [0.4, 0.5) is 5.69 Å². The van der Waals surface area contributed by atoms with Crippen molar-refractivity contribution in [1.82, 2.24) is 4.90 Å². The molecule has 2 aromatic rings. The predicted molar refractivity (Wildman–Crippen MR) is 82.8 cm³/mol. The Morgan fingerprint density at radius 3 is 2.74 bits per heavy atom. The van der Waals surface area contributed by atoms with E-state index in [9.17, 15) is 4.79 Å². The summed E-state index contributed by atoms with van der Waals surface area (Å²) in [7, 11) is 0. The van der Waals surface area contributed by atoms with Gasteiger partial charge in [-0.1, -0.05) is 19.1 Å². The van der Waals surface area contributed by atoms with Gasteiger partial charge in [0.25, 0.3) is 5.91 Å². The lowest BCUT2D eigenvalue weighted by Gasteiger charge is -2.19. The number of fused-ring (bicyclic) bond motifs is 1. The monoisotopic (exact) mass is 276 g/mol. The van der Waals surface area contributed by atoms with Gasteiger partial charge in [0.15, 0.2) is 0 Å². The molecule has 4 heteroatoms. The molecule has 0 spiro atoms. The summed E-state index contributed by atoms with van der Waals surface area (Å²) in [5, 5.41) is 0.992. The van der Waals surface area contributed by atoms with E-state index in [1.54, 1.807) is 0 Å². The molecule has 19 heavy (non-hydrogen) atoms. The maximum Gasteiger partial charge on any atom is 0.266 e. The number of hydrogen-bond donors (Lipinski definition) is 1. The maximum atomic E-state index is 12.5. The molecule has 1 heterocycles. The van der Waals surface area contributed by atoms with Gasteiger partial charge in [0.1, 0.15) is 4.88 Å². The molecular weight excluding hydrogens is 256 g/mol. The number of hydrogen-bond acceptors (Lipinski definition) is 3. The normalized spacial score (nSPS) is 10.9. The van der Waals surface area contributed by atoms with Gasteiger partial charge in [0.05, 0.1) is 5.69 Å². The number of aryl methyl sites for hydroxylation is 1. The van der Waals surface area contributed by atoms with Crippen molar-refractivity contribution in [2.24, 2.45) is 0 Å². The van der Waals surface area contributed by atoms with Crippen LogP contribution in [-0.2, 0) is 0 Å². The van der Waals surface area contributed by atoms with Crippen LogP contribution in [0.1, 0.15) is 35.5 Å². The van der Waals surface area contributed by atoms with Gasteiger partial charge >= 0.3 is 0 Å². The van der Waals surface area contributed by atoms with Crippen molar-refractivity contribution in [2.45, 2.75) is 27.2 Å². The number of anilines is 1. The predicted octanol–water partition coefficient (Wildman–Crippen LogP) is 3.66. The van der Waals surface area contributed by atoms with Gasteiger partial charge in [-0.15, -0.1) is 11.3 Å². The lowest BCUT2D eigenvalue weighted by atomic mass is 10.1. The fourth-order valence-electron chi connectivity index (χ4n) is 2.20. The average Bonchev–Trinajstić information content (AvgIpc) is 2.72. The first-order valence-corrected chi connectivity index (χ1v) is 7.48. The third kappa shape index (κ3) is 2.59. The highest BCUT2D eigenvalue weighted by atomic mass is 32.1. The molecule has 1 aromatic heterocycles. The summed E-state index contributed by atoms with van der Waals surface area (Å²) in [4.78, 5) is 15.0. The first-order valence-electron chi connectivity index (χ1n) is 6.66. The minimum absolute atomic E-state index is 0.0562.